The van der Waals surface area contributed by atoms with Crippen molar-refractivity contribution < 1.29 is 14.2 Å². The van der Waals surface area contributed by atoms with Gasteiger partial charge >= 0.3 is 0 Å². The van der Waals surface area contributed by atoms with E-state index in [-0.39, 0.29) is 5.88 Å². The Balaban J connectivity index is 1.95. The second kappa shape index (κ2) is 14.1. The zero-order chi connectivity index (χ0) is 24.0. The molecule has 3 aromatic rings. The fraction of sp³-hybridized carbons (Fsp3) is 0.333. The normalized spacial score (nSPS) is 11.0. The molecule has 0 unspecified atom stereocenters. The third kappa shape index (κ3) is 8.26. The number of hydrogen-bond donors (Lipinski definition) is 2. The minimum absolute atomic E-state index is 0.280. The first-order chi connectivity index (χ1) is 16.7. The number of rotatable bonds is 14. The summed E-state index contributed by atoms with van der Waals surface area (Å²) in [4.78, 5) is 9.20. The van der Waals surface area contributed by atoms with E-state index < -0.39 is 0 Å². The van der Waals surface area contributed by atoms with Crippen LogP contribution in [0.1, 0.15) is 12.8 Å². The van der Waals surface area contributed by atoms with Gasteiger partial charge < -0.3 is 24.8 Å². The summed E-state index contributed by atoms with van der Waals surface area (Å²) >= 11 is 5.98. The third-order valence-corrected chi connectivity index (χ3v) is 4.78. The Morgan fingerprint density at radius 3 is 2.18 bits per heavy atom. The maximum absolute atomic E-state index is 6.10. The first-order valence-electron chi connectivity index (χ1n) is 11.0. The molecule has 1 aromatic heterocycles. The smallest absolute Gasteiger partial charge is 0.254 e. The largest absolute Gasteiger partial charge is 0.437 e. The molecule has 0 aliphatic heterocycles. The first-order valence-corrected chi connectivity index (χ1v) is 11.3. The van der Waals surface area contributed by atoms with Crippen LogP contribution >= 0.6 is 11.6 Å². The molecule has 0 atom stereocenters. The highest BCUT2D eigenvalue weighted by molar-refractivity contribution is 6.30. The molecular formula is C24H29ClN6O3. The average molecular weight is 485 g/mol. The van der Waals surface area contributed by atoms with Crippen LogP contribution in [0.5, 0.6) is 11.6 Å². The third-order valence-electron chi connectivity index (χ3n) is 4.53. The predicted octanol–water partition coefficient (Wildman–Crippen LogP) is 6.23. The van der Waals surface area contributed by atoms with Gasteiger partial charge in [0.2, 0.25) is 5.95 Å². The number of azo groups is 1. The van der Waals surface area contributed by atoms with E-state index in [1.165, 1.54) is 0 Å². The van der Waals surface area contributed by atoms with E-state index in [9.17, 15) is 0 Å². The van der Waals surface area contributed by atoms with Gasteiger partial charge in [0.15, 0.2) is 11.5 Å². The second-order valence-electron chi connectivity index (χ2n) is 7.19. The summed E-state index contributed by atoms with van der Waals surface area (Å²) in [5.41, 5.74) is 1.03. The van der Waals surface area contributed by atoms with E-state index in [1.54, 1.807) is 38.5 Å². The van der Waals surface area contributed by atoms with Gasteiger partial charge in [0.05, 0.1) is 5.69 Å². The van der Waals surface area contributed by atoms with Crippen LogP contribution in [0.2, 0.25) is 5.02 Å². The first kappa shape index (κ1) is 25.4. The topological polar surface area (TPSA) is 102 Å². The van der Waals surface area contributed by atoms with Gasteiger partial charge in [-0.2, -0.15) is 15.1 Å². The van der Waals surface area contributed by atoms with Crippen molar-refractivity contribution in [2.75, 3.05) is 51.2 Å². The van der Waals surface area contributed by atoms with Gasteiger partial charge in [0, 0.05) is 45.5 Å². The zero-order valence-electron chi connectivity index (χ0n) is 19.3. The lowest BCUT2D eigenvalue weighted by Gasteiger charge is -2.14. The van der Waals surface area contributed by atoms with E-state index in [0.29, 0.717) is 60.2 Å². The number of halogens is 1. The molecule has 0 radical (unpaired) electrons. The fourth-order valence-corrected chi connectivity index (χ4v) is 2.98. The van der Waals surface area contributed by atoms with E-state index in [0.717, 1.165) is 12.8 Å². The van der Waals surface area contributed by atoms with E-state index in [4.69, 9.17) is 25.8 Å². The molecule has 0 amide bonds. The molecule has 0 saturated heterocycles. The number of nitrogens with zero attached hydrogens (tertiary/aromatic N) is 4. The number of nitrogens with one attached hydrogen (secondary N) is 2. The second-order valence-corrected chi connectivity index (χ2v) is 7.62. The molecule has 1 heterocycles. The van der Waals surface area contributed by atoms with Crippen LogP contribution < -0.4 is 15.4 Å². The molecular weight excluding hydrogens is 456 g/mol. The molecule has 34 heavy (non-hydrogen) atoms. The standard InChI is InChI=1S/C24H29ClN6O3/c1-32-16-6-14-26-22-21(31-30-19-12-10-18(25)11-13-19)23(34-20-8-4-3-5-9-20)29-24(28-22)27-15-7-17-33-2/h3-5,8-13H,6-7,14-17H2,1-2H3,(H2,26,27,28,29). The van der Waals surface area contributed by atoms with Gasteiger partial charge in [0.1, 0.15) is 5.75 Å². The van der Waals surface area contributed by atoms with Gasteiger partial charge in [0.25, 0.3) is 5.88 Å². The Labute approximate surface area is 204 Å². The molecule has 10 heteroatoms. The molecule has 3 rings (SSSR count). The summed E-state index contributed by atoms with van der Waals surface area (Å²) in [6, 6.07) is 16.5. The average Bonchev–Trinajstić information content (AvgIpc) is 2.85. The minimum Gasteiger partial charge on any atom is -0.437 e. The quantitative estimate of drug-likeness (QED) is 0.206. The van der Waals surface area contributed by atoms with Crippen LogP contribution in [0.4, 0.5) is 23.1 Å². The molecule has 0 aliphatic carbocycles. The summed E-state index contributed by atoms with van der Waals surface area (Å²) < 4.78 is 16.4. The van der Waals surface area contributed by atoms with Gasteiger partial charge in [-0.15, -0.1) is 5.11 Å². The van der Waals surface area contributed by atoms with E-state index in [1.807, 2.05) is 30.3 Å². The van der Waals surface area contributed by atoms with Crippen LogP contribution in [0.15, 0.2) is 64.8 Å². The van der Waals surface area contributed by atoms with Crippen LogP contribution in [0.25, 0.3) is 0 Å². The van der Waals surface area contributed by atoms with Crippen LogP contribution in [-0.4, -0.2) is 50.5 Å². The lowest BCUT2D eigenvalue weighted by atomic mass is 10.3. The number of aromatic nitrogens is 2. The Morgan fingerprint density at radius 1 is 0.824 bits per heavy atom. The summed E-state index contributed by atoms with van der Waals surface area (Å²) in [6.07, 6.45) is 1.60. The highest BCUT2D eigenvalue weighted by atomic mass is 35.5. The van der Waals surface area contributed by atoms with Gasteiger partial charge in [-0.1, -0.05) is 29.8 Å². The lowest BCUT2D eigenvalue weighted by molar-refractivity contribution is 0.197. The van der Waals surface area contributed by atoms with Gasteiger partial charge in [-0.3, -0.25) is 0 Å². The van der Waals surface area contributed by atoms with Gasteiger partial charge in [-0.05, 0) is 49.2 Å². The van der Waals surface area contributed by atoms with Crippen molar-refractivity contribution in [2.24, 2.45) is 10.2 Å². The molecule has 9 nitrogen and oxygen atoms in total. The molecule has 0 saturated carbocycles. The number of anilines is 2. The Morgan fingerprint density at radius 2 is 1.50 bits per heavy atom. The van der Waals surface area contributed by atoms with Crippen LogP contribution in [0, 0.1) is 0 Å². The van der Waals surface area contributed by atoms with E-state index in [2.05, 4.69) is 30.8 Å². The molecule has 0 bridgehead atoms. The Bertz CT molecular complexity index is 1030. The number of hydrogen-bond acceptors (Lipinski definition) is 9. The molecule has 180 valence electrons. The molecule has 2 N–H and O–H groups in total. The Kier molecular flexibility index (Phi) is 10.5. The Hall–Kier alpha value is -3.27. The van der Waals surface area contributed by atoms with E-state index >= 15 is 0 Å². The predicted molar refractivity (Wildman–Crippen MR) is 134 cm³/mol. The van der Waals surface area contributed by atoms with Crippen molar-refractivity contribution in [3.8, 4) is 11.6 Å². The van der Waals surface area contributed by atoms with Crippen molar-refractivity contribution in [1.29, 1.82) is 0 Å². The van der Waals surface area contributed by atoms with Gasteiger partial charge in [-0.25, -0.2) is 0 Å². The molecule has 0 aliphatic rings. The molecule has 2 aromatic carbocycles. The number of para-hydroxylation sites is 1. The fourth-order valence-electron chi connectivity index (χ4n) is 2.85. The summed E-state index contributed by atoms with van der Waals surface area (Å²) in [5.74, 6) is 1.83. The highest BCUT2D eigenvalue weighted by Gasteiger charge is 2.17. The number of benzene rings is 2. The van der Waals surface area contributed by atoms with Crippen LogP contribution in [-0.2, 0) is 9.47 Å². The van der Waals surface area contributed by atoms with Crippen molar-refractivity contribution in [2.45, 2.75) is 12.8 Å². The minimum atomic E-state index is 0.280. The molecule has 0 fully saturated rings. The molecule has 0 spiro atoms. The van der Waals surface area contributed by atoms with Crippen molar-refractivity contribution in [1.82, 2.24) is 9.97 Å². The maximum Gasteiger partial charge on any atom is 0.254 e. The number of methoxy groups -OCH3 is 2. The van der Waals surface area contributed by atoms with Crippen molar-refractivity contribution >= 4 is 34.7 Å². The van der Waals surface area contributed by atoms with Crippen molar-refractivity contribution in [3.63, 3.8) is 0 Å². The summed E-state index contributed by atoms with van der Waals surface area (Å²) in [7, 11) is 3.34. The zero-order valence-corrected chi connectivity index (χ0v) is 20.1. The summed E-state index contributed by atoms with van der Waals surface area (Å²) in [6.45, 7) is 2.53. The highest BCUT2D eigenvalue weighted by Crippen LogP contribution is 2.37. The number of ether oxygens (including phenoxy) is 3. The van der Waals surface area contributed by atoms with Crippen molar-refractivity contribution in [3.05, 3.63) is 59.6 Å². The lowest BCUT2D eigenvalue weighted by Crippen LogP contribution is -2.12. The summed E-state index contributed by atoms with van der Waals surface area (Å²) in [5, 5.41) is 15.9. The maximum atomic E-state index is 6.10. The SMILES string of the molecule is COCCCNc1nc(NCCCOC)c(N=Nc2ccc(Cl)cc2)c(Oc2ccccc2)n1. The van der Waals surface area contributed by atoms with Crippen LogP contribution in [0.3, 0.4) is 0 Å². The monoisotopic (exact) mass is 484 g/mol.